The van der Waals surface area contributed by atoms with Gasteiger partial charge in [0.15, 0.2) is 0 Å². The van der Waals surface area contributed by atoms with Gasteiger partial charge in [0.25, 0.3) is 0 Å². The van der Waals surface area contributed by atoms with E-state index >= 15 is 0 Å². The summed E-state index contributed by atoms with van der Waals surface area (Å²) in [6, 6.07) is 8.62. The van der Waals surface area contributed by atoms with Crippen molar-refractivity contribution in [1.82, 2.24) is 5.32 Å². The summed E-state index contributed by atoms with van der Waals surface area (Å²) in [5, 5.41) is 8.69. The average molecular weight is 359 g/mol. The normalized spacial score (nSPS) is 12.6. The van der Waals surface area contributed by atoms with Gasteiger partial charge in [0.1, 0.15) is 0 Å². The summed E-state index contributed by atoms with van der Waals surface area (Å²) in [7, 11) is 0. The van der Waals surface area contributed by atoms with E-state index in [-0.39, 0.29) is 0 Å². The molecule has 19 heavy (non-hydrogen) atoms. The van der Waals surface area contributed by atoms with E-state index in [1.807, 2.05) is 6.07 Å². The molecule has 0 spiro atoms. The zero-order valence-corrected chi connectivity index (χ0v) is 14.0. The molecule has 0 saturated carbocycles. The lowest BCUT2D eigenvalue weighted by Gasteiger charge is -2.19. The first-order valence-electron chi connectivity index (χ1n) is 6.40. The Labute approximate surface area is 132 Å². The quantitative estimate of drug-likeness (QED) is 0.724. The van der Waals surface area contributed by atoms with Gasteiger partial charge in [-0.25, -0.2) is 0 Å². The van der Waals surface area contributed by atoms with Crippen molar-refractivity contribution in [2.45, 2.75) is 25.8 Å². The molecule has 1 N–H and O–H groups in total. The maximum atomic E-state index is 6.35. The van der Waals surface area contributed by atoms with Gasteiger partial charge in [0.05, 0.1) is 0 Å². The Kier molecular flexibility index (Phi) is 5.89. The minimum atomic E-state index is 0.311. The van der Waals surface area contributed by atoms with Crippen LogP contribution in [-0.2, 0) is 6.42 Å². The number of aryl methyl sites for hydroxylation is 1. The van der Waals surface area contributed by atoms with Crippen LogP contribution in [0.2, 0.25) is 5.02 Å². The molecule has 2 rings (SSSR count). The van der Waals surface area contributed by atoms with Crippen LogP contribution in [0, 0.1) is 0 Å². The van der Waals surface area contributed by atoms with Crippen LogP contribution in [0.15, 0.2) is 39.5 Å². The van der Waals surface area contributed by atoms with E-state index in [9.17, 15) is 0 Å². The van der Waals surface area contributed by atoms with E-state index in [4.69, 9.17) is 11.6 Å². The SMILES string of the molecule is CCNC(CCc1ccsc1)c1ccc(Br)cc1Cl. The molecule has 1 nitrogen and oxygen atoms in total. The lowest BCUT2D eigenvalue weighted by Crippen LogP contribution is -2.21. The smallest absolute Gasteiger partial charge is 0.0465 e. The van der Waals surface area contributed by atoms with Gasteiger partial charge in [-0.3, -0.25) is 0 Å². The molecule has 0 aliphatic rings. The van der Waals surface area contributed by atoms with E-state index in [0.717, 1.165) is 28.9 Å². The third kappa shape index (κ3) is 4.32. The van der Waals surface area contributed by atoms with Crippen molar-refractivity contribution >= 4 is 38.9 Å². The highest BCUT2D eigenvalue weighted by molar-refractivity contribution is 9.10. The van der Waals surface area contributed by atoms with E-state index in [1.54, 1.807) is 11.3 Å². The van der Waals surface area contributed by atoms with E-state index in [1.165, 1.54) is 11.1 Å². The zero-order chi connectivity index (χ0) is 13.7. The maximum Gasteiger partial charge on any atom is 0.0465 e. The van der Waals surface area contributed by atoms with Crippen LogP contribution in [0.25, 0.3) is 0 Å². The van der Waals surface area contributed by atoms with Gasteiger partial charge in [0.2, 0.25) is 0 Å². The molecular weight excluding hydrogens is 342 g/mol. The monoisotopic (exact) mass is 357 g/mol. The van der Waals surface area contributed by atoms with Crippen molar-refractivity contribution in [2.24, 2.45) is 0 Å². The molecule has 1 heterocycles. The van der Waals surface area contributed by atoms with Crippen LogP contribution in [0.3, 0.4) is 0 Å². The van der Waals surface area contributed by atoms with Crippen molar-refractivity contribution in [3.8, 4) is 0 Å². The topological polar surface area (TPSA) is 12.0 Å². The summed E-state index contributed by atoms with van der Waals surface area (Å²) in [4.78, 5) is 0. The number of rotatable bonds is 6. The molecule has 1 aromatic carbocycles. The summed E-state index contributed by atoms with van der Waals surface area (Å²) in [6.45, 7) is 3.07. The summed E-state index contributed by atoms with van der Waals surface area (Å²) in [5.74, 6) is 0. The summed E-state index contributed by atoms with van der Waals surface area (Å²) in [6.07, 6.45) is 2.14. The Bertz CT molecular complexity index is 513. The molecule has 0 radical (unpaired) electrons. The van der Waals surface area contributed by atoms with Crippen LogP contribution in [0.5, 0.6) is 0 Å². The van der Waals surface area contributed by atoms with Crippen molar-refractivity contribution < 1.29 is 0 Å². The Morgan fingerprint density at radius 1 is 1.37 bits per heavy atom. The van der Waals surface area contributed by atoms with Crippen LogP contribution >= 0.6 is 38.9 Å². The van der Waals surface area contributed by atoms with E-state index < -0.39 is 0 Å². The lowest BCUT2D eigenvalue weighted by atomic mass is 10.00. The fourth-order valence-corrected chi connectivity index (χ4v) is 3.65. The molecule has 1 aromatic heterocycles. The number of hydrogen-bond donors (Lipinski definition) is 1. The molecule has 0 saturated heterocycles. The Morgan fingerprint density at radius 3 is 2.84 bits per heavy atom. The number of halogens is 2. The molecule has 2 aromatic rings. The molecule has 0 amide bonds. The second-order valence-electron chi connectivity index (χ2n) is 4.45. The van der Waals surface area contributed by atoms with E-state index in [2.05, 4.69) is 57.1 Å². The highest BCUT2D eigenvalue weighted by Gasteiger charge is 2.14. The van der Waals surface area contributed by atoms with Gasteiger partial charge in [-0.2, -0.15) is 11.3 Å². The molecule has 0 bridgehead atoms. The molecule has 0 fully saturated rings. The van der Waals surface area contributed by atoms with Crippen LogP contribution < -0.4 is 5.32 Å². The Balaban J connectivity index is 2.10. The predicted octanol–water partition coefficient (Wildman–Crippen LogP) is 5.45. The molecule has 4 heteroatoms. The lowest BCUT2D eigenvalue weighted by molar-refractivity contribution is 0.516. The standard InChI is InChI=1S/C15H17BrClNS/c1-2-18-15(6-3-11-7-8-19-10-11)13-5-4-12(16)9-14(13)17/h4-5,7-10,15,18H,2-3,6H2,1H3. The van der Waals surface area contributed by atoms with Crippen molar-refractivity contribution in [1.29, 1.82) is 0 Å². The van der Waals surface area contributed by atoms with Crippen molar-refractivity contribution in [3.63, 3.8) is 0 Å². The third-order valence-corrected chi connectivity index (χ3v) is 4.64. The first-order chi connectivity index (χ1) is 9.20. The molecule has 0 aliphatic heterocycles. The van der Waals surface area contributed by atoms with Crippen LogP contribution in [-0.4, -0.2) is 6.54 Å². The fraction of sp³-hybridized carbons (Fsp3) is 0.333. The molecule has 1 unspecified atom stereocenters. The predicted molar refractivity (Wildman–Crippen MR) is 88.2 cm³/mol. The summed E-state index contributed by atoms with van der Waals surface area (Å²) in [5.41, 5.74) is 2.59. The van der Waals surface area contributed by atoms with Gasteiger partial charge in [-0.1, -0.05) is 40.5 Å². The average Bonchev–Trinajstić information content (AvgIpc) is 2.88. The fourth-order valence-electron chi connectivity index (χ4n) is 2.14. The number of nitrogens with one attached hydrogen (secondary N) is 1. The van der Waals surface area contributed by atoms with Crippen molar-refractivity contribution in [3.05, 3.63) is 55.6 Å². The Hall–Kier alpha value is -0.350. The first-order valence-corrected chi connectivity index (χ1v) is 8.51. The van der Waals surface area contributed by atoms with Crippen molar-refractivity contribution in [2.75, 3.05) is 6.54 Å². The molecular formula is C15H17BrClNS. The van der Waals surface area contributed by atoms with Gasteiger partial charge < -0.3 is 5.32 Å². The van der Waals surface area contributed by atoms with E-state index in [0.29, 0.717) is 6.04 Å². The molecule has 102 valence electrons. The number of hydrogen-bond acceptors (Lipinski definition) is 2. The van der Waals surface area contributed by atoms with Gasteiger partial charge in [-0.15, -0.1) is 0 Å². The second kappa shape index (κ2) is 7.44. The van der Waals surface area contributed by atoms with Gasteiger partial charge in [0, 0.05) is 15.5 Å². The highest BCUT2D eigenvalue weighted by atomic mass is 79.9. The Morgan fingerprint density at radius 2 is 2.21 bits per heavy atom. The summed E-state index contributed by atoms with van der Waals surface area (Å²) < 4.78 is 1.02. The van der Waals surface area contributed by atoms with Crippen LogP contribution in [0.4, 0.5) is 0 Å². The first kappa shape index (κ1) is 15.0. The third-order valence-electron chi connectivity index (χ3n) is 3.09. The van der Waals surface area contributed by atoms with Crippen LogP contribution in [0.1, 0.15) is 30.5 Å². The van der Waals surface area contributed by atoms with Gasteiger partial charge >= 0.3 is 0 Å². The second-order valence-corrected chi connectivity index (χ2v) is 6.55. The minimum Gasteiger partial charge on any atom is -0.310 e. The molecule has 1 atom stereocenters. The van der Waals surface area contributed by atoms with Gasteiger partial charge in [-0.05, 0) is 59.5 Å². The maximum absolute atomic E-state index is 6.35. The minimum absolute atomic E-state index is 0.311. The largest absolute Gasteiger partial charge is 0.310 e. The molecule has 0 aliphatic carbocycles. The zero-order valence-electron chi connectivity index (χ0n) is 10.8. The highest BCUT2D eigenvalue weighted by Crippen LogP contribution is 2.29. The number of thiophene rings is 1. The number of benzene rings is 1. The summed E-state index contributed by atoms with van der Waals surface area (Å²) >= 11 is 11.6.